The maximum atomic E-state index is 10.8. The van der Waals surface area contributed by atoms with Gasteiger partial charge in [-0.05, 0) is 24.7 Å². The largest absolute Gasteiger partial charge is 0.370 e. The van der Waals surface area contributed by atoms with Gasteiger partial charge in [0.1, 0.15) is 0 Å². The van der Waals surface area contributed by atoms with Crippen molar-refractivity contribution in [2.45, 2.75) is 51.9 Å². The normalized spacial score (nSPS) is 28.7. The third-order valence-corrected chi connectivity index (χ3v) is 3.08. The minimum absolute atomic E-state index is 0.123. The molecule has 76 valence electrons. The number of hydrogen-bond donors (Lipinski definition) is 1. The predicted molar refractivity (Wildman–Crippen MR) is 54.2 cm³/mol. The van der Waals surface area contributed by atoms with Crippen LogP contribution in [0.4, 0.5) is 0 Å². The van der Waals surface area contributed by atoms with Crippen molar-refractivity contribution in [2.24, 2.45) is 17.6 Å². The summed E-state index contributed by atoms with van der Waals surface area (Å²) < 4.78 is 0. The van der Waals surface area contributed by atoms with E-state index < -0.39 is 0 Å². The average molecular weight is 183 g/mol. The van der Waals surface area contributed by atoms with Crippen LogP contribution in [0.3, 0.4) is 0 Å². The Labute approximate surface area is 80.9 Å². The molecule has 0 aromatic rings. The molecule has 1 saturated carbocycles. The molecule has 0 saturated heterocycles. The van der Waals surface area contributed by atoms with Crippen molar-refractivity contribution in [1.82, 2.24) is 0 Å². The summed E-state index contributed by atoms with van der Waals surface area (Å²) >= 11 is 0. The fourth-order valence-corrected chi connectivity index (χ4v) is 2.54. The Hall–Kier alpha value is -0.530. The van der Waals surface area contributed by atoms with Gasteiger partial charge in [0.25, 0.3) is 0 Å². The summed E-state index contributed by atoms with van der Waals surface area (Å²) in [6.45, 7) is 2.23. The zero-order valence-corrected chi connectivity index (χ0v) is 8.59. The number of amides is 1. The quantitative estimate of drug-likeness (QED) is 0.714. The van der Waals surface area contributed by atoms with Crippen LogP contribution in [0.15, 0.2) is 0 Å². The van der Waals surface area contributed by atoms with Crippen LogP contribution >= 0.6 is 0 Å². The van der Waals surface area contributed by atoms with Gasteiger partial charge in [-0.1, -0.05) is 32.6 Å². The van der Waals surface area contributed by atoms with Crippen molar-refractivity contribution in [3.63, 3.8) is 0 Å². The number of carbonyl (C=O) groups is 1. The van der Waals surface area contributed by atoms with E-state index in [2.05, 4.69) is 6.92 Å². The summed E-state index contributed by atoms with van der Waals surface area (Å²) in [6.07, 6.45) is 8.31. The van der Waals surface area contributed by atoms with Crippen molar-refractivity contribution >= 4 is 5.91 Å². The molecule has 0 radical (unpaired) electrons. The lowest BCUT2D eigenvalue weighted by Gasteiger charge is -2.28. The number of hydrogen-bond acceptors (Lipinski definition) is 1. The first-order valence-electron chi connectivity index (χ1n) is 5.50. The molecule has 1 aliphatic rings. The summed E-state index contributed by atoms with van der Waals surface area (Å²) in [5.74, 6) is 1.33. The third-order valence-electron chi connectivity index (χ3n) is 3.08. The van der Waals surface area contributed by atoms with E-state index >= 15 is 0 Å². The lowest BCUT2D eigenvalue weighted by molar-refractivity contribution is -0.119. The highest BCUT2D eigenvalue weighted by Gasteiger charge is 2.22. The SMILES string of the molecule is CCCC1CCCC(CC(N)=O)C1. The van der Waals surface area contributed by atoms with E-state index in [1.54, 1.807) is 0 Å². The van der Waals surface area contributed by atoms with Crippen LogP contribution in [0.1, 0.15) is 51.9 Å². The maximum absolute atomic E-state index is 10.8. The highest BCUT2D eigenvalue weighted by molar-refractivity contribution is 5.73. The molecule has 1 fully saturated rings. The van der Waals surface area contributed by atoms with Crippen molar-refractivity contribution in [2.75, 3.05) is 0 Å². The van der Waals surface area contributed by atoms with E-state index in [1.807, 2.05) is 0 Å². The smallest absolute Gasteiger partial charge is 0.217 e. The maximum Gasteiger partial charge on any atom is 0.217 e. The number of rotatable bonds is 4. The van der Waals surface area contributed by atoms with Crippen LogP contribution in [0.5, 0.6) is 0 Å². The first kappa shape index (κ1) is 10.6. The van der Waals surface area contributed by atoms with Gasteiger partial charge in [0.2, 0.25) is 5.91 Å². The van der Waals surface area contributed by atoms with Gasteiger partial charge in [0.15, 0.2) is 0 Å². The van der Waals surface area contributed by atoms with Gasteiger partial charge in [0, 0.05) is 6.42 Å². The zero-order chi connectivity index (χ0) is 9.68. The molecule has 1 amide bonds. The molecule has 1 rings (SSSR count). The van der Waals surface area contributed by atoms with Gasteiger partial charge < -0.3 is 5.73 Å². The molecule has 0 aliphatic heterocycles. The number of nitrogens with two attached hydrogens (primary N) is 1. The van der Waals surface area contributed by atoms with Gasteiger partial charge in [-0.2, -0.15) is 0 Å². The van der Waals surface area contributed by atoms with E-state index in [0.29, 0.717) is 12.3 Å². The standard InChI is InChI=1S/C11H21NO/c1-2-4-9-5-3-6-10(7-9)8-11(12)13/h9-10H,2-8H2,1H3,(H2,12,13). The molecule has 2 nitrogen and oxygen atoms in total. The molecule has 13 heavy (non-hydrogen) atoms. The van der Waals surface area contributed by atoms with Gasteiger partial charge >= 0.3 is 0 Å². The second-order valence-corrected chi connectivity index (χ2v) is 4.36. The Morgan fingerprint density at radius 1 is 1.38 bits per heavy atom. The molecule has 0 aromatic carbocycles. The highest BCUT2D eigenvalue weighted by Crippen LogP contribution is 2.33. The molecule has 0 heterocycles. The monoisotopic (exact) mass is 183 g/mol. The fourth-order valence-electron chi connectivity index (χ4n) is 2.54. The summed E-state index contributed by atoms with van der Waals surface area (Å²) in [4.78, 5) is 10.8. The molecule has 1 aliphatic carbocycles. The molecule has 0 spiro atoms. The van der Waals surface area contributed by atoms with E-state index in [-0.39, 0.29) is 5.91 Å². The minimum Gasteiger partial charge on any atom is -0.370 e. The Morgan fingerprint density at radius 3 is 2.69 bits per heavy atom. The topological polar surface area (TPSA) is 43.1 Å². The molecule has 0 aromatic heterocycles. The van der Waals surface area contributed by atoms with Crippen LogP contribution in [-0.4, -0.2) is 5.91 Å². The van der Waals surface area contributed by atoms with Crippen LogP contribution in [0.25, 0.3) is 0 Å². The van der Waals surface area contributed by atoms with Crippen LogP contribution in [0.2, 0.25) is 0 Å². The Kier molecular flexibility index (Phi) is 4.26. The second kappa shape index (κ2) is 5.25. The van der Waals surface area contributed by atoms with Crippen LogP contribution < -0.4 is 5.73 Å². The Morgan fingerprint density at radius 2 is 2.08 bits per heavy atom. The summed E-state index contributed by atoms with van der Waals surface area (Å²) in [7, 11) is 0. The second-order valence-electron chi connectivity index (χ2n) is 4.36. The molecule has 2 heteroatoms. The first-order chi connectivity index (χ1) is 6.22. The summed E-state index contributed by atoms with van der Waals surface area (Å²) in [5, 5.41) is 0. The highest BCUT2D eigenvalue weighted by atomic mass is 16.1. The average Bonchev–Trinajstić information content (AvgIpc) is 2.04. The minimum atomic E-state index is -0.123. The van der Waals surface area contributed by atoms with Crippen molar-refractivity contribution in [3.8, 4) is 0 Å². The predicted octanol–water partition coefficient (Wildman–Crippen LogP) is 2.47. The molecule has 0 bridgehead atoms. The Balaban J connectivity index is 2.28. The fraction of sp³-hybridized carbons (Fsp3) is 0.909. The molecule has 2 N–H and O–H groups in total. The number of carbonyl (C=O) groups excluding carboxylic acids is 1. The van der Waals surface area contributed by atoms with Gasteiger partial charge in [-0.25, -0.2) is 0 Å². The molecule has 2 atom stereocenters. The molecular weight excluding hydrogens is 162 g/mol. The first-order valence-corrected chi connectivity index (χ1v) is 5.50. The van der Waals surface area contributed by atoms with Crippen molar-refractivity contribution in [1.29, 1.82) is 0 Å². The van der Waals surface area contributed by atoms with E-state index in [4.69, 9.17) is 5.73 Å². The number of primary amides is 1. The summed E-state index contributed by atoms with van der Waals surface area (Å²) in [6, 6.07) is 0. The third kappa shape index (κ3) is 3.79. The van der Waals surface area contributed by atoms with Gasteiger partial charge in [-0.3, -0.25) is 4.79 Å². The van der Waals surface area contributed by atoms with Gasteiger partial charge in [-0.15, -0.1) is 0 Å². The zero-order valence-electron chi connectivity index (χ0n) is 8.59. The van der Waals surface area contributed by atoms with Crippen molar-refractivity contribution < 1.29 is 4.79 Å². The van der Waals surface area contributed by atoms with Crippen LogP contribution in [0, 0.1) is 11.8 Å². The lowest BCUT2D eigenvalue weighted by Crippen LogP contribution is -2.21. The van der Waals surface area contributed by atoms with E-state index in [9.17, 15) is 4.79 Å². The molecule has 2 unspecified atom stereocenters. The van der Waals surface area contributed by atoms with E-state index in [0.717, 1.165) is 5.92 Å². The lowest BCUT2D eigenvalue weighted by atomic mass is 9.78. The van der Waals surface area contributed by atoms with E-state index in [1.165, 1.54) is 38.5 Å². The van der Waals surface area contributed by atoms with Crippen molar-refractivity contribution in [3.05, 3.63) is 0 Å². The Bertz CT molecular complexity index is 165. The summed E-state index contributed by atoms with van der Waals surface area (Å²) in [5.41, 5.74) is 5.20. The molecular formula is C11H21NO. The van der Waals surface area contributed by atoms with Crippen LogP contribution in [-0.2, 0) is 4.79 Å². The van der Waals surface area contributed by atoms with Gasteiger partial charge in [0.05, 0.1) is 0 Å².